The maximum atomic E-state index is 13.2. The van der Waals surface area contributed by atoms with Gasteiger partial charge in [0.1, 0.15) is 11.6 Å². The fourth-order valence-electron chi connectivity index (χ4n) is 1.85. The van der Waals surface area contributed by atoms with Crippen molar-refractivity contribution in [3.8, 4) is 0 Å². The van der Waals surface area contributed by atoms with E-state index < -0.39 is 0 Å². The van der Waals surface area contributed by atoms with Gasteiger partial charge in [-0.25, -0.2) is 9.37 Å². The van der Waals surface area contributed by atoms with Crippen LogP contribution in [0.3, 0.4) is 0 Å². The van der Waals surface area contributed by atoms with Crippen molar-refractivity contribution in [1.29, 1.82) is 0 Å². The Morgan fingerprint density at radius 2 is 2.11 bits per heavy atom. The molecular weight excluding hydrogens is 229 g/mol. The monoisotopic (exact) mass is 245 g/mol. The van der Waals surface area contributed by atoms with Crippen molar-refractivity contribution in [2.45, 2.75) is 6.54 Å². The Morgan fingerprint density at radius 3 is 2.83 bits per heavy atom. The van der Waals surface area contributed by atoms with E-state index in [0.717, 1.165) is 17.1 Å². The van der Waals surface area contributed by atoms with Crippen molar-refractivity contribution in [1.82, 2.24) is 4.98 Å². The van der Waals surface area contributed by atoms with Gasteiger partial charge in [-0.15, -0.1) is 0 Å². The van der Waals surface area contributed by atoms with Gasteiger partial charge < -0.3 is 10.2 Å². The molecule has 0 amide bonds. The fraction of sp³-hybridized carbons (Fsp3) is 0.214. The highest BCUT2D eigenvalue weighted by molar-refractivity contribution is 5.50. The van der Waals surface area contributed by atoms with Crippen LogP contribution in [-0.2, 0) is 6.54 Å². The molecule has 0 aliphatic carbocycles. The fourth-order valence-corrected chi connectivity index (χ4v) is 1.85. The van der Waals surface area contributed by atoms with Crippen LogP contribution < -0.4 is 10.2 Å². The molecule has 0 radical (unpaired) electrons. The largest absolute Gasteiger partial charge is 0.373 e. The molecule has 18 heavy (non-hydrogen) atoms. The van der Waals surface area contributed by atoms with E-state index in [2.05, 4.69) is 10.3 Å². The highest BCUT2D eigenvalue weighted by Crippen LogP contribution is 2.19. The first-order valence-electron chi connectivity index (χ1n) is 5.79. The number of pyridine rings is 1. The Hall–Kier alpha value is -2.10. The molecule has 1 aromatic heterocycles. The molecule has 0 fully saturated rings. The number of benzene rings is 1. The third-order valence-corrected chi connectivity index (χ3v) is 2.78. The quantitative estimate of drug-likeness (QED) is 0.897. The predicted molar refractivity (Wildman–Crippen MR) is 72.3 cm³/mol. The van der Waals surface area contributed by atoms with Gasteiger partial charge in [-0.2, -0.15) is 0 Å². The Labute approximate surface area is 106 Å². The van der Waals surface area contributed by atoms with Crippen molar-refractivity contribution < 1.29 is 4.39 Å². The molecule has 1 heterocycles. The zero-order chi connectivity index (χ0) is 13.0. The van der Waals surface area contributed by atoms with E-state index in [1.807, 2.05) is 37.2 Å². The van der Waals surface area contributed by atoms with Crippen LogP contribution in [0.2, 0.25) is 0 Å². The minimum absolute atomic E-state index is 0.223. The number of rotatable bonds is 4. The number of aromatic nitrogens is 1. The molecule has 3 nitrogen and oxygen atoms in total. The third kappa shape index (κ3) is 2.77. The number of halogens is 1. The summed E-state index contributed by atoms with van der Waals surface area (Å²) in [4.78, 5) is 6.24. The van der Waals surface area contributed by atoms with Gasteiger partial charge in [0.15, 0.2) is 0 Å². The van der Waals surface area contributed by atoms with Gasteiger partial charge in [-0.3, -0.25) is 0 Å². The summed E-state index contributed by atoms with van der Waals surface area (Å²) in [5, 5.41) is 3.05. The Bertz CT molecular complexity index is 528. The van der Waals surface area contributed by atoms with Crippen LogP contribution in [0, 0.1) is 5.82 Å². The van der Waals surface area contributed by atoms with Gasteiger partial charge in [0.05, 0.1) is 0 Å². The van der Waals surface area contributed by atoms with E-state index in [9.17, 15) is 4.39 Å². The van der Waals surface area contributed by atoms with Gasteiger partial charge in [0.25, 0.3) is 0 Å². The highest BCUT2D eigenvalue weighted by atomic mass is 19.1. The topological polar surface area (TPSA) is 28.2 Å². The molecule has 0 saturated heterocycles. The predicted octanol–water partition coefficient (Wildman–Crippen LogP) is 2.90. The second-order valence-electron chi connectivity index (χ2n) is 4.10. The molecule has 4 heteroatoms. The van der Waals surface area contributed by atoms with Crippen LogP contribution in [0.1, 0.15) is 5.56 Å². The lowest BCUT2D eigenvalue weighted by atomic mass is 10.2. The number of hydrogen-bond acceptors (Lipinski definition) is 3. The van der Waals surface area contributed by atoms with E-state index in [4.69, 9.17) is 0 Å². The van der Waals surface area contributed by atoms with Gasteiger partial charge in [0.2, 0.25) is 0 Å². The molecule has 0 spiro atoms. The smallest absolute Gasteiger partial charge is 0.130 e. The lowest BCUT2D eigenvalue weighted by molar-refractivity contribution is 0.627. The molecule has 2 aromatic rings. The standard InChI is InChI=1S/C14H16FN3/c1-16-14-11(5-4-8-17-14)10-18(2)13-7-3-6-12(15)9-13/h3-9H,10H2,1-2H3,(H,16,17). The first-order chi connectivity index (χ1) is 8.70. The third-order valence-electron chi connectivity index (χ3n) is 2.78. The van der Waals surface area contributed by atoms with Crippen LogP contribution in [0.25, 0.3) is 0 Å². The van der Waals surface area contributed by atoms with Crippen molar-refractivity contribution in [3.63, 3.8) is 0 Å². The maximum Gasteiger partial charge on any atom is 0.130 e. The van der Waals surface area contributed by atoms with Crippen LogP contribution in [0.5, 0.6) is 0 Å². The first kappa shape index (κ1) is 12.4. The highest BCUT2D eigenvalue weighted by Gasteiger charge is 2.06. The SMILES string of the molecule is CNc1ncccc1CN(C)c1cccc(F)c1. The number of nitrogens with one attached hydrogen (secondary N) is 1. The zero-order valence-corrected chi connectivity index (χ0v) is 10.5. The summed E-state index contributed by atoms with van der Waals surface area (Å²) in [5.74, 6) is 0.625. The Morgan fingerprint density at radius 1 is 1.28 bits per heavy atom. The Balaban J connectivity index is 2.18. The van der Waals surface area contributed by atoms with Gasteiger partial charge in [-0.1, -0.05) is 12.1 Å². The van der Waals surface area contributed by atoms with Crippen LogP contribution in [0.15, 0.2) is 42.6 Å². The second kappa shape index (κ2) is 5.49. The molecule has 0 unspecified atom stereocenters. The molecule has 0 bridgehead atoms. The molecular formula is C14H16FN3. The Kier molecular flexibility index (Phi) is 3.77. The summed E-state index contributed by atoms with van der Waals surface area (Å²) in [7, 11) is 3.77. The summed E-state index contributed by atoms with van der Waals surface area (Å²) in [6, 6.07) is 10.5. The molecule has 0 aliphatic rings. The van der Waals surface area contributed by atoms with E-state index >= 15 is 0 Å². The lowest BCUT2D eigenvalue weighted by Gasteiger charge is -2.20. The van der Waals surface area contributed by atoms with Crippen molar-refractivity contribution >= 4 is 11.5 Å². The van der Waals surface area contributed by atoms with Crippen LogP contribution >= 0.6 is 0 Å². The van der Waals surface area contributed by atoms with Gasteiger partial charge in [-0.05, 0) is 24.3 Å². The minimum Gasteiger partial charge on any atom is -0.373 e. The lowest BCUT2D eigenvalue weighted by Crippen LogP contribution is -2.17. The average molecular weight is 245 g/mol. The molecule has 2 rings (SSSR count). The number of hydrogen-bond donors (Lipinski definition) is 1. The van der Waals surface area contributed by atoms with Crippen LogP contribution in [-0.4, -0.2) is 19.1 Å². The average Bonchev–Trinajstić information content (AvgIpc) is 2.39. The normalized spacial score (nSPS) is 10.2. The van der Waals surface area contributed by atoms with E-state index in [1.54, 1.807) is 12.3 Å². The first-order valence-corrected chi connectivity index (χ1v) is 5.79. The van der Waals surface area contributed by atoms with E-state index in [1.165, 1.54) is 12.1 Å². The summed E-state index contributed by atoms with van der Waals surface area (Å²) in [5.41, 5.74) is 1.92. The number of anilines is 2. The molecule has 0 aliphatic heterocycles. The van der Waals surface area contributed by atoms with Gasteiger partial charge in [0, 0.05) is 38.1 Å². The summed E-state index contributed by atoms with van der Waals surface area (Å²) >= 11 is 0. The summed E-state index contributed by atoms with van der Waals surface area (Å²) in [6.45, 7) is 0.674. The summed E-state index contributed by atoms with van der Waals surface area (Å²) < 4.78 is 13.2. The van der Waals surface area contributed by atoms with Crippen molar-refractivity contribution in [2.75, 3.05) is 24.3 Å². The second-order valence-corrected chi connectivity index (χ2v) is 4.10. The van der Waals surface area contributed by atoms with E-state index in [0.29, 0.717) is 6.54 Å². The molecule has 0 atom stereocenters. The maximum absolute atomic E-state index is 13.2. The van der Waals surface area contributed by atoms with Crippen molar-refractivity contribution in [2.24, 2.45) is 0 Å². The van der Waals surface area contributed by atoms with E-state index in [-0.39, 0.29) is 5.82 Å². The number of nitrogens with zero attached hydrogens (tertiary/aromatic N) is 2. The molecule has 0 saturated carbocycles. The summed E-state index contributed by atoms with van der Waals surface area (Å²) in [6.07, 6.45) is 1.75. The zero-order valence-electron chi connectivity index (χ0n) is 10.5. The van der Waals surface area contributed by atoms with Crippen molar-refractivity contribution in [3.05, 3.63) is 54.0 Å². The molecule has 1 aromatic carbocycles. The molecule has 94 valence electrons. The van der Waals surface area contributed by atoms with Gasteiger partial charge >= 0.3 is 0 Å². The molecule has 1 N–H and O–H groups in total. The minimum atomic E-state index is -0.223. The van der Waals surface area contributed by atoms with Crippen LogP contribution in [0.4, 0.5) is 15.9 Å².